The maximum absolute atomic E-state index is 12.6. The molecule has 1 saturated heterocycles. The number of hydrogen-bond acceptors (Lipinski definition) is 3. The Hall–Kier alpha value is -1.91. The highest BCUT2D eigenvalue weighted by Gasteiger charge is 2.18. The summed E-state index contributed by atoms with van der Waals surface area (Å²) in [6.45, 7) is 3.04. The smallest absolute Gasteiger partial charge is 0.222 e. The van der Waals surface area contributed by atoms with E-state index in [1.54, 1.807) is 12.4 Å². The molecule has 4 nitrogen and oxygen atoms in total. The van der Waals surface area contributed by atoms with Gasteiger partial charge in [0.1, 0.15) is 0 Å². The first-order valence-electron chi connectivity index (χ1n) is 9.39. The fourth-order valence-corrected chi connectivity index (χ4v) is 3.54. The summed E-state index contributed by atoms with van der Waals surface area (Å²) in [4.78, 5) is 19.2. The second kappa shape index (κ2) is 9.70. The predicted octanol–water partition coefficient (Wildman–Crippen LogP) is 4.21. The first-order valence-corrected chi connectivity index (χ1v) is 9.77. The number of nitrogens with one attached hydrogen (secondary N) is 1. The Morgan fingerprint density at radius 1 is 1.08 bits per heavy atom. The van der Waals surface area contributed by atoms with Crippen LogP contribution in [0.15, 0.2) is 48.8 Å². The van der Waals surface area contributed by atoms with Crippen LogP contribution in [0.1, 0.15) is 49.3 Å². The summed E-state index contributed by atoms with van der Waals surface area (Å²) < 4.78 is 0. The van der Waals surface area contributed by atoms with Crippen LogP contribution in [0.25, 0.3) is 0 Å². The number of nitrogens with zero attached hydrogens (tertiary/aromatic N) is 2. The average molecular weight is 372 g/mol. The Kier molecular flexibility index (Phi) is 7.04. The third-order valence-electron chi connectivity index (χ3n) is 4.88. The van der Waals surface area contributed by atoms with E-state index in [0.29, 0.717) is 11.4 Å². The molecule has 5 heteroatoms. The van der Waals surface area contributed by atoms with Crippen molar-refractivity contribution in [1.82, 2.24) is 15.2 Å². The highest BCUT2D eigenvalue weighted by Crippen LogP contribution is 2.23. The van der Waals surface area contributed by atoms with Crippen LogP contribution in [0.5, 0.6) is 0 Å². The van der Waals surface area contributed by atoms with E-state index >= 15 is 0 Å². The number of hydrogen-bond donors (Lipinski definition) is 1. The molecule has 1 amide bonds. The van der Waals surface area contributed by atoms with Gasteiger partial charge in [-0.2, -0.15) is 0 Å². The van der Waals surface area contributed by atoms with Gasteiger partial charge in [0.2, 0.25) is 5.91 Å². The highest BCUT2D eigenvalue weighted by atomic mass is 35.5. The zero-order valence-electron chi connectivity index (χ0n) is 15.0. The molecular formula is C21H26ClN3O. The zero-order valence-corrected chi connectivity index (χ0v) is 15.8. The summed E-state index contributed by atoms with van der Waals surface area (Å²) >= 11 is 6.01. The average Bonchev–Trinajstić information content (AvgIpc) is 2.95. The maximum atomic E-state index is 12.6. The van der Waals surface area contributed by atoms with Crippen LogP contribution in [0.3, 0.4) is 0 Å². The zero-order chi connectivity index (χ0) is 18.2. The molecule has 1 aromatic heterocycles. The van der Waals surface area contributed by atoms with Crippen LogP contribution >= 0.6 is 11.6 Å². The molecule has 3 rings (SSSR count). The van der Waals surface area contributed by atoms with Crippen molar-refractivity contribution in [3.63, 3.8) is 0 Å². The lowest BCUT2D eigenvalue weighted by molar-refractivity contribution is -0.121. The second-order valence-electron chi connectivity index (χ2n) is 6.84. The van der Waals surface area contributed by atoms with E-state index < -0.39 is 0 Å². The fourth-order valence-electron chi connectivity index (χ4n) is 3.41. The van der Waals surface area contributed by atoms with Crippen LogP contribution in [0, 0.1) is 0 Å². The third-order valence-corrected chi connectivity index (χ3v) is 5.13. The van der Waals surface area contributed by atoms with Gasteiger partial charge in [-0.15, -0.1) is 0 Å². The summed E-state index contributed by atoms with van der Waals surface area (Å²) in [5.74, 6) is 0.0676. The van der Waals surface area contributed by atoms with Gasteiger partial charge in [0.15, 0.2) is 0 Å². The summed E-state index contributed by atoms with van der Waals surface area (Å²) in [6.07, 6.45) is 9.16. The SMILES string of the molecule is O=C(CCN1CCCCCC1)N[C@H](c1ccc(Cl)cc1)c1cccnc1. The normalized spacial score (nSPS) is 16.7. The van der Waals surface area contributed by atoms with E-state index in [0.717, 1.165) is 30.8 Å². The Labute approximate surface area is 160 Å². The number of carbonyl (C=O) groups excluding carboxylic acids is 1. The van der Waals surface area contributed by atoms with Gasteiger partial charge in [0.05, 0.1) is 6.04 Å². The van der Waals surface area contributed by atoms with Gasteiger partial charge in [0, 0.05) is 30.4 Å². The lowest BCUT2D eigenvalue weighted by Crippen LogP contribution is -2.34. The molecule has 2 heterocycles. The molecular weight excluding hydrogens is 346 g/mol. The quantitative estimate of drug-likeness (QED) is 0.827. The number of carbonyl (C=O) groups is 1. The molecule has 138 valence electrons. The maximum Gasteiger partial charge on any atom is 0.222 e. The van der Waals surface area contributed by atoms with E-state index in [-0.39, 0.29) is 11.9 Å². The molecule has 0 unspecified atom stereocenters. The van der Waals surface area contributed by atoms with E-state index in [2.05, 4.69) is 15.2 Å². The minimum absolute atomic E-state index is 0.0676. The number of amides is 1. The van der Waals surface area contributed by atoms with Gasteiger partial charge in [-0.05, 0) is 55.3 Å². The van der Waals surface area contributed by atoms with Crippen LogP contribution in [0.4, 0.5) is 0 Å². The molecule has 0 radical (unpaired) electrons. The van der Waals surface area contributed by atoms with Gasteiger partial charge in [-0.1, -0.05) is 42.6 Å². The van der Waals surface area contributed by atoms with Crippen LogP contribution in [0.2, 0.25) is 5.02 Å². The van der Waals surface area contributed by atoms with Crippen molar-refractivity contribution >= 4 is 17.5 Å². The molecule has 0 bridgehead atoms. The standard InChI is InChI=1S/C21H26ClN3O/c22-19-9-7-17(8-10-19)21(18-6-5-12-23-16-18)24-20(26)11-15-25-13-3-1-2-4-14-25/h5-10,12,16,21H,1-4,11,13-15H2,(H,24,26)/t21-/m1/s1. The molecule has 1 aromatic carbocycles. The molecule has 1 aliphatic rings. The molecule has 0 aliphatic carbocycles. The van der Waals surface area contributed by atoms with Crippen LogP contribution < -0.4 is 5.32 Å². The molecule has 1 fully saturated rings. The number of rotatable bonds is 6. The number of pyridine rings is 1. The molecule has 0 spiro atoms. The minimum Gasteiger partial charge on any atom is -0.345 e. The molecule has 2 aromatic rings. The van der Waals surface area contributed by atoms with Crippen molar-refractivity contribution in [2.24, 2.45) is 0 Å². The van der Waals surface area contributed by atoms with Crippen LogP contribution in [-0.2, 0) is 4.79 Å². The third kappa shape index (κ3) is 5.55. The number of likely N-dealkylation sites (tertiary alicyclic amines) is 1. The molecule has 1 aliphatic heterocycles. The first-order chi connectivity index (χ1) is 12.7. The Morgan fingerprint density at radius 2 is 1.81 bits per heavy atom. The van der Waals surface area contributed by atoms with E-state index in [4.69, 9.17) is 11.6 Å². The number of benzene rings is 1. The topological polar surface area (TPSA) is 45.2 Å². The highest BCUT2D eigenvalue weighted by molar-refractivity contribution is 6.30. The minimum atomic E-state index is -0.211. The van der Waals surface area contributed by atoms with Crippen molar-refractivity contribution in [1.29, 1.82) is 0 Å². The van der Waals surface area contributed by atoms with Gasteiger partial charge in [0.25, 0.3) is 0 Å². The Morgan fingerprint density at radius 3 is 2.46 bits per heavy atom. The van der Waals surface area contributed by atoms with Gasteiger partial charge in [-0.25, -0.2) is 0 Å². The second-order valence-corrected chi connectivity index (χ2v) is 7.28. The lowest BCUT2D eigenvalue weighted by atomic mass is 10.00. The van der Waals surface area contributed by atoms with Crippen molar-refractivity contribution in [2.75, 3.05) is 19.6 Å². The van der Waals surface area contributed by atoms with Crippen LogP contribution in [-0.4, -0.2) is 35.4 Å². The number of halogens is 1. The lowest BCUT2D eigenvalue weighted by Gasteiger charge is -2.22. The van der Waals surface area contributed by atoms with Crippen molar-refractivity contribution in [3.8, 4) is 0 Å². The van der Waals surface area contributed by atoms with Gasteiger partial charge in [-0.3, -0.25) is 9.78 Å². The summed E-state index contributed by atoms with van der Waals surface area (Å²) in [5.41, 5.74) is 1.98. The summed E-state index contributed by atoms with van der Waals surface area (Å²) in [6, 6.07) is 11.3. The van der Waals surface area contributed by atoms with Gasteiger partial charge < -0.3 is 10.2 Å². The monoisotopic (exact) mass is 371 g/mol. The summed E-state index contributed by atoms with van der Waals surface area (Å²) in [7, 11) is 0. The van der Waals surface area contributed by atoms with E-state index in [1.807, 2.05) is 36.4 Å². The van der Waals surface area contributed by atoms with E-state index in [1.165, 1.54) is 25.7 Å². The largest absolute Gasteiger partial charge is 0.345 e. The van der Waals surface area contributed by atoms with E-state index in [9.17, 15) is 4.79 Å². The van der Waals surface area contributed by atoms with Gasteiger partial charge >= 0.3 is 0 Å². The molecule has 0 saturated carbocycles. The predicted molar refractivity (Wildman–Crippen MR) is 105 cm³/mol. The van der Waals surface area contributed by atoms with Crippen molar-refractivity contribution in [2.45, 2.75) is 38.1 Å². The molecule has 1 N–H and O–H groups in total. The Balaban J connectivity index is 1.65. The summed E-state index contributed by atoms with van der Waals surface area (Å²) in [5, 5.41) is 3.86. The van der Waals surface area contributed by atoms with Crippen molar-refractivity contribution < 1.29 is 4.79 Å². The number of aromatic nitrogens is 1. The molecule has 1 atom stereocenters. The first kappa shape index (κ1) is 18.9. The van der Waals surface area contributed by atoms with Crippen molar-refractivity contribution in [3.05, 3.63) is 64.9 Å². The molecule has 26 heavy (non-hydrogen) atoms. The Bertz CT molecular complexity index is 682. The fraction of sp³-hybridized carbons (Fsp3) is 0.429.